The molecule has 1 aliphatic heterocycles. The lowest BCUT2D eigenvalue weighted by atomic mass is 10.1. The summed E-state index contributed by atoms with van der Waals surface area (Å²) in [6, 6.07) is 1.76. The van der Waals surface area contributed by atoms with E-state index < -0.39 is 9.28 Å². The average Bonchev–Trinajstić information content (AvgIpc) is 2.31. The molecule has 1 aliphatic rings. The molecular weight excluding hydrogens is 218 g/mol. The van der Waals surface area contributed by atoms with Gasteiger partial charge in [0.05, 0.1) is 0 Å². The Bertz CT molecular complexity index is 168. The van der Waals surface area contributed by atoms with E-state index in [0.29, 0.717) is 6.04 Å². The van der Waals surface area contributed by atoms with Crippen molar-refractivity contribution in [2.45, 2.75) is 52.1 Å². The molecule has 1 rings (SSSR count). The molecule has 96 valence electrons. The zero-order chi connectivity index (χ0) is 11.8. The van der Waals surface area contributed by atoms with Crippen LogP contribution in [-0.2, 0) is 8.85 Å². The Hall–Kier alpha value is 0.0969. The van der Waals surface area contributed by atoms with Crippen molar-refractivity contribution in [2.75, 3.05) is 26.3 Å². The van der Waals surface area contributed by atoms with Crippen LogP contribution in [0.3, 0.4) is 0 Å². The molecule has 4 heteroatoms. The summed E-state index contributed by atoms with van der Waals surface area (Å²) in [6.07, 6.45) is 4.13. The van der Waals surface area contributed by atoms with E-state index in [1.807, 2.05) is 0 Å². The molecule has 0 N–H and O–H groups in total. The minimum absolute atomic E-state index is 0.634. The molecule has 0 radical (unpaired) electrons. The van der Waals surface area contributed by atoms with Crippen LogP contribution in [0.25, 0.3) is 0 Å². The largest absolute Gasteiger partial charge is 0.397 e. The summed E-state index contributed by atoms with van der Waals surface area (Å²) in [4.78, 5) is 2.60. The average molecular weight is 245 g/mol. The molecule has 0 aromatic heterocycles. The summed E-state index contributed by atoms with van der Waals surface area (Å²) >= 11 is 0. The monoisotopic (exact) mass is 245 g/mol. The van der Waals surface area contributed by atoms with Gasteiger partial charge in [-0.25, -0.2) is 0 Å². The lowest BCUT2D eigenvalue weighted by Crippen LogP contribution is -2.41. The lowest BCUT2D eigenvalue weighted by molar-refractivity contribution is 0.162. The maximum Gasteiger partial charge on any atom is 0.322 e. The molecule has 1 heterocycles. The number of rotatable bonds is 7. The summed E-state index contributed by atoms with van der Waals surface area (Å²) in [5, 5.41) is 0. The fourth-order valence-electron chi connectivity index (χ4n) is 2.34. The molecule has 0 aliphatic carbocycles. The van der Waals surface area contributed by atoms with Crippen molar-refractivity contribution in [1.29, 1.82) is 0 Å². The molecule has 0 spiro atoms. The van der Waals surface area contributed by atoms with E-state index in [9.17, 15) is 0 Å². The van der Waals surface area contributed by atoms with Gasteiger partial charge >= 0.3 is 9.28 Å². The normalized spacial score (nSPS) is 20.2. The predicted molar refractivity (Wildman–Crippen MR) is 70.1 cm³/mol. The van der Waals surface area contributed by atoms with Crippen LogP contribution in [0.2, 0.25) is 6.04 Å². The van der Waals surface area contributed by atoms with Crippen molar-refractivity contribution in [3.05, 3.63) is 0 Å². The van der Waals surface area contributed by atoms with Crippen LogP contribution in [-0.4, -0.2) is 46.5 Å². The van der Waals surface area contributed by atoms with Crippen molar-refractivity contribution in [3.8, 4) is 0 Å². The Kier molecular flexibility index (Phi) is 7.28. The quantitative estimate of drug-likeness (QED) is 0.642. The van der Waals surface area contributed by atoms with Gasteiger partial charge in [0, 0.05) is 25.3 Å². The van der Waals surface area contributed by atoms with Crippen LogP contribution in [0.15, 0.2) is 0 Å². The fourth-order valence-corrected chi connectivity index (χ4v) is 4.31. The molecule has 3 nitrogen and oxygen atoms in total. The molecular formula is C12H27NO2Si. The van der Waals surface area contributed by atoms with Gasteiger partial charge in [0.2, 0.25) is 0 Å². The topological polar surface area (TPSA) is 21.7 Å². The van der Waals surface area contributed by atoms with Gasteiger partial charge in [-0.3, -0.25) is 0 Å². The van der Waals surface area contributed by atoms with Gasteiger partial charge in [0.1, 0.15) is 0 Å². The van der Waals surface area contributed by atoms with Gasteiger partial charge in [-0.15, -0.1) is 0 Å². The standard InChI is InChI=1S/C12H27NO2Si/c1-4-14-16(15-5-2)11-12(3)13-9-7-6-8-10-13/h12,16H,4-11H2,1-3H3. The summed E-state index contributed by atoms with van der Waals surface area (Å²) in [5.41, 5.74) is 0. The number of nitrogens with zero attached hydrogens (tertiary/aromatic N) is 1. The molecule has 1 unspecified atom stereocenters. The van der Waals surface area contributed by atoms with Crippen LogP contribution in [0.5, 0.6) is 0 Å². The zero-order valence-electron chi connectivity index (χ0n) is 11.1. The van der Waals surface area contributed by atoms with Gasteiger partial charge in [-0.1, -0.05) is 6.42 Å². The predicted octanol–water partition coefficient (Wildman–Crippen LogP) is 2.15. The first-order valence-electron chi connectivity index (χ1n) is 6.75. The maximum absolute atomic E-state index is 5.73. The zero-order valence-corrected chi connectivity index (χ0v) is 12.2. The van der Waals surface area contributed by atoms with E-state index in [0.717, 1.165) is 19.3 Å². The van der Waals surface area contributed by atoms with Crippen LogP contribution in [0.4, 0.5) is 0 Å². The Morgan fingerprint density at radius 2 is 1.62 bits per heavy atom. The number of likely N-dealkylation sites (tertiary alicyclic amines) is 1. The maximum atomic E-state index is 5.73. The SMILES string of the molecule is CCO[SiH](CC(C)N1CCCCC1)OCC. The fraction of sp³-hybridized carbons (Fsp3) is 1.00. The molecule has 0 saturated carbocycles. The van der Waals surface area contributed by atoms with E-state index in [4.69, 9.17) is 8.85 Å². The van der Waals surface area contributed by atoms with Crippen molar-refractivity contribution in [2.24, 2.45) is 0 Å². The molecule has 16 heavy (non-hydrogen) atoms. The molecule has 0 bridgehead atoms. The summed E-state index contributed by atoms with van der Waals surface area (Å²) in [6.45, 7) is 10.6. The van der Waals surface area contributed by atoms with E-state index in [-0.39, 0.29) is 0 Å². The van der Waals surface area contributed by atoms with Gasteiger partial charge in [-0.2, -0.15) is 0 Å². The molecule has 0 aromatic rings. The highest BCUT2D eigenvalue weighted by molar-refractivity contribution is 6.44. The second kappa shape index (κ2) is 8.23. The Morgan fingerprint density at radius 3 is 2.12 bits per heavy atom. The lowest BCUT2D eigenvalue weighted by Gasteiger charge is -2.33. The first kappa shape index (κ1) is 14.2. The smallest absolute Gasteiger partial charge is 0.322 e. The third kappa shape index (κ3) is 4.95. The highest BCUT2D eigenvalue weighted by Crippen LogP contribution is 2.16. The van der Waals surface area contributed by atoms with Crippen LogP contribution >= 0.6 is 0 Å². The van der Waals surface area contributed by atoms with Gasteiger partial charge in [0.25, 0.3) is 0 Å². The second-order valence-corrected chi connectivity index (χ2v) is 6.52. The first-order chi connectivity index (χ1) is 7.77. The highest BCUT2D eigenvalue weighted by Gasteiger charge is 2.22. The van der Waals surface area contributed by atoms with E-state index >= 15 is 0 Å². The van der Waals surface area contributed by atoms with E-state index in [2.05, 4.69) is 25.7 Å². The number of piperidine rings is 1. The minimum atomic E-state index is -1.40. The molecule has 1 fully saturated rings. The molecule has 0 amide bonds. The Morgan fingerprint density at radius 1 is 1.06 bits per heavy atom. The van der Waals surface area contributed by atoms with Crippen molar-refractivity contribution in [3.63, 3.8) is 0 Å². The van der Waals surface area contributed by atoms with Crippen LogP contribution in [0, 0.1) is 0 Å². The highest BCUT2D eigenvalue weighted by atomic mass is 28.3. The van der Waals surface area contributed by atoms with Crippen molar-refractivity contribution >= 4 is 9.28 Å². The third-order valence-electron chi connectivity index (χ3n) is 3.25. The van der Waals surface area contributed by atoms with Crippen LogP contribution in [0.1, 0.15) is 40.0 Å². The Labute approximate surface area is 102 Å². The van der Waals surface area contributed by atoms with E-state index in [1.165, 1.54) is 32.4 Å². The van der Waals surface area contributed by atoms with Crippen molar-refractivity contribution < 1.29 is 8.85 Å². The third-order valence-corrected chi connectivity index (χ3v) is 5.73. The van der Waals surface area contributed by atoms with Crippen LogP contribution < -0.4 is 0 Å². The summed E-state index contributed by atoms with van der Waals surface area (Å²) in [7, 11) is -1.40. The summed E-state index contributed by atoms with van der Waals surface area (Å²) in [5.74, 6) is 0. The van der Waals surface area contributed by atoms with Crippen molar-refractivity contribution in [1.82, 2.24) is 4.90 Å². The van der Waals surface area contributed by atoms with Gasteiger partial charge < -0.3 is 13.8 Å². The summed E-state index contributed by atoms with van der Waals surface area (Å²) < 4.78 is 11.5. The molecule has 1 saturated heterocycles. The number of hydrogen-bond donors (Lipinski definition) is 0. The van der Waals surface area contributed by atoms with Gasteiger partial charge in [0.15, 0.2) is 0 Å². The second-order valence-electron chi connectivity index (χ2n) is 4.52. The number of hydrogen-bond acceptors (Lipinski definition) is 3. The van der Waals surface area contributed by atoms with E-state index in [1.54, 1.807) is 0 Å². The first-order valence-corrected chi connectivity index (χ1v) is 8.51. The molecule has 0 aromatic carbocycles. The van der Waals surface area contributed by atoms with Gasteiger partial charge in [-0.05, 0) is 46.7 Å². The molecule has 1 atom stereocenters. The Balaban J connectivity index is 2.30. The minimum Gasteiger partial charge on any atom is -0.397 e.